The van der Waals surface area contributed by atoms with Crippen molar-refractivity contribution in [1.29, 1.82) is 0 Å². The van der Waals surface area contributed by atoms with Crippen molar-refractivity contribution in [3.05, 3.63) is 59.3 Å². The SMILES string of the molecule is COc1ccc(OC)c([C@H]2C(C(=O)N3CCCCC3)=C(C)Nc3nc4ccccc4n32)c1. The molecule has 1 amide bonds. The van der Waals surface area contributed by atoms with Crippen LogP contribution in [0.5, 0.6) is 11.5 Å². The Hall–Kier alpha value is -3.48. The molecule has 2 aromatic carbocycles. The number of fused-ring (bicyclic) bond motifs is 3. The largest absolute Gasteiger partial charge is 0.497 e. The summed E-state index contributed by atoms with van der Waals surface area (Å²) >= 11 is 0. The first-order valence-electron chi connectivity index (χ1n) is 11.1. The van der Waals surface area contributed by atoms with E-state index in [2.05, 4.69) is 9.88 Å². The quantitative estimate of drug-likeness (QED) is 0.664. The fourth-order valence-electron chi connectivity index (χ4n) is 4.86. The lowest BCUT2D eigenvalue weighted by atomic mass is 9.92. The molecule has 1 aromatic heterocycles. The number of carbonyl (C=O) groups is 1. The van der Waals surface area contributed by atoms with Crippen LogP contribution < -0.4 is 14.8 Å². The number of hydrogen-bond donors (Lipinski definition) is 1. The van der Waals surface area contributed by atoms with Gasteiger partial charge >= 0.3 is 0 Å². The normalized spacial score (nSPS) is 18.3. The van der Waals surface area contributed by atoms with Crippen LogP contribution in [-0.2, 0) is 4.79 Å². The third-order valence-electron chi connectivity index (χ3n) is 6.44. The van der Waals surface area contributed by atoms with E-state index in [0.717, 1.165) is 48.2 Å². The smallest absolute Gasteiger partial charge is 0.254 e. The highest BCUT2D eigenvalue weighted by Gasteiger charge is 2.37. The zero-order valence-corrected chi connectivity index (χ0v) is 18.7. The number of carbonyl (C=O) groups excluding carboxylic acids is 1. The van der Waals surface area contributed by atoms with Crippen LogP contribution in [0, 0.1) is 0 Å². The number of para-hydroxylation sites is 2. The average molecular weight is 433 g/mol. The maximum atomic E-state index is 13.9. The number of ether oxygens (including phenoxy) is 2. The molecule has 32 heavy (non-hydrogen) atoms. The minimum absolute atomic E-state index is 0.0630. The highest BCUT2D eigenvalue weighted by atomic mass is 16.5. The van der Waals surface area contributed by atoms with Crippen molar-refractivity contribution in [1.82, 2.24) is 14.5 Å². The second-order valence-electron chi connectivity index (χ2n) is 8.32. The van der Waals surface area contributed by atoms with Crippen molar-refractivity contribution in [3.8, 4) is 11.5 Å². The van der Waals surface area contributed by atoms with Gasteiger partial charge in [0.25, 0.3) is 5.91 Å². The number of methoxy groups -OCH3 is 2. The molecular formula is C25H28N4O3. The van der Waals surface area contributed by atoms with Crippen molar-refractivity contribution in [2.75, 3.05) is 32.6 Å². The van der Waals surface area contributed by atoms with Gasteiger partial charge in [0, 0.05) is 24.4 Å². The Labute approximate surface area is 187 Å². The van der Waals surface area contributed by atoms with Crippen LogP contribution in [0.1, 0.15) is 37.8 Å². The predicted molar refractivity (Wildman–Crippen MR) is 124 cm³/mol. The van der Waals surface area contributed by atoms with E-state index < -0.39 is 6.04 Å². The number of allylic oxidation sites excluding steroid dienone is 1. The fourth-order valence-corrected chi connectivity index (χ4v) is 4.86. The number of nitrogens with one attached hydrogen (secondary N) is 1. The molecule has 1 atom stereocenters. The van der Waals surface area contributed by atoms with Gasteiger partial charge in [-0.05, 0) is 56.5 Å². The van der Waals surface area contributed by atoms with Gasteiger partial charge in [-0.15, -0.1) is 0 Å². The average Bonchev–Trinajstić information content (AvgIpc) is 3.20. The molecule has 7 heteroatoms. The lowest BCUT2D eigenvalue weighted by Gasteiger charge is -2.35. The third-order valence-corrected chi connectivity index (χ3v) is 6.44. The van der Waals surface area contributed by atoms with E-state index in [1.807, 2.05) is 54.3 Å². The van der Waals surface area contributed by atoms with Gasteiger partial charge in [-0.2, -0.15) is 0 Å². The number of aromatic nitrogens is 2. The van der Waals surface area contributed by atoms with E-state index in [9.17, 15) is 4.79 Å². The van der Waals surface area contributed by atoms with Crippen molar-refractivity contribution in [3.63, 3.8) is 0 Å². The summed E-state index contributed by atoms with van der Waals surface area (Å²) in [4.78, 5) is 20.7. The number of anilines is 1. The van der Waals surface area contributed by atoms with Gasteiger partial charge in [-0.1, -0.05) is 12.1 Å². The maximum absolute atomic E-state index is 13.9. The summed E-state index contributed by atoms with van der Waals surface area (Å²) in [5.41, 5.74) is 4.24. The van der Waals surface area contributed by atoms with E-state index in [1.54, 1.807) is 14.2 Å². The van der Waals surface area contributed by atoms with E-state index in [-0.39, 0.29) is 5.91 Å². The van der Waals surface area contributed by atoms with Gasteiger partial charge in [-0.3, -0.25) is 9.36 Å². The number of likely N-dealkylation sites (tertiary alicyclic amines) is 1. The van der Waals surface area contributed by atoms with Crippen molar-refractivity contribution < 1.29 is 14.3 Å². The molecule has 0 spiro atoms. The second-order valence-corrected chi connectivity index (χ2v) is 8.32. The van der Waals surface area contributed by atoms with Crippen LogP contribution in [-0.4, -0.2) is 47.7 Å². The minimum atomic E-state index is -0.391. The molecule has 1 N–H and O–H groups in total. The van der Waals surface area contributed by atoms with E-state index >= 15 is 0 Å². The molecule has 0 aliphatic carbocycles. The first-order valence-corrected chi connectivity index (χ1v) is 11.1. The Morgan fingerprint density at radius 3 is 2.59 bits per heavy atom. The Bertz CT molecular complexity index is 1210. The van der Waals surface area contributed by atoms with Crippen LogP contribution >= 0.6 is 0 Å². The van der Waals surface area contributed by atoms with Crippen LogP contribution in [0.15, 0.2) is 53.7 Å². The summed E-state index contributed by atoms with van der Waals surface area (Å²) in [6.45, 7) is 3.53. The Morgan fingerprint density at radius 1 is 1.06 bits per heavy atom. The number of benzene rings is 2. The van der Waals surface area contributed by atoms with Gasteiger partial charge in [-0.25, -0.2) is 4.98 Å². The number of rotatable bonds is 4. The van der Waals surface area contributed by atoms with Crippen LogP contribution in [0.3, 0.4) is 0 Å². The van der Waals surface area contributed by atoms with E-state index in [4.69, 9.17) is 14.5 Å². The zero-order valence-electron chi connectivity index (χ0n) is 18.7. The summed E-state index contributed by atoms with van der Waals surface area (Å²) in [6, 6.07) is 13.3. The molecule has 0 saturated carbocycles. The summed E-state index contributed by atoms with van der Waals surface area (Å²) < 4.78 is 13.4. The number of nitrogens with zero attached hydrogens (tertiary/aromatic N) is 3. The molecular weight excluding hydrogens is 404 g/mol. The molecule has 2 aliphatic rings. The molecule has 1 fully saturated rings. The molecule has 7 nitrogen and oxygen atoms in total. The molecule has 3 aromatic rings. The van der Waals surface area contributed by atoms with E-state index in [1.165, 1.54) is 6.42 Å². The predicted octanol–water partition coefficient (Wildman–Crippen LogP) is 4.35. The number of piperidine rings is 1. The molecule has 1 saturated heterocycles. The lowest BCUT2D eigenvalue weighted by Crippen LogP contribution is -2.40. The lowest BCUT2D eigenvalue weighted by molar-refractivity contribution is -0.128. The monoisotopic (exact) mass is 432 g/mol. The van der Waals surface area contributed by atoms with Crippen LogP contribution in [0.2, 0.25) is 0 Å². The summed E-state index contributed by atoms with van der Waals surface area (Å²) in [6.07, 6.45) is 3.25. The third kappa shape index (κ3) is 3.28. The molecule has 166 valence electrons. The van der Waals surface area contributed by atoms with Crippen LogP contribution in [0.4, 0.5) is 5.95 Å². The second kappa shape index (κ2) is 8.22. The molecule has 5 rings (SSSR count). The van der Waals surface area contributed by atoms with Crippen LogP contribution in [0.25, 0.3) is 11.0 Å². The summed E-state index contributed by atoms with van der Waals surface area (Å²) in [5, 5.41) is 3.40. The molecule has 0 unspecified atom stereocenters. The fraction of sp³-hybridized carbons (Fsp3) is 0.360. The Morgan fingerprint density at radius 2 is 1.84 bits per heavy atom. The van der Waals surface area contributed by atoms with Gasteiger partial charge in [0.1, 0.15) is 11.5 Å². The van der Waals surface area contributed by atoms with E-state index in [0.29, 0.717) is 23.0 Å². The molecule has 3 heterocycles. The zero-order chi connectivity index (χ0) is 22.2. The molecule has 2 aliphatic heterocycles. The number of amides is 1. The highest BCUT2D eigenvalue weighted by molar-refractivity contribution is 5.98. The van der Waals surface area contributed by atoms with Gasteiger partial charge in [0.05, 0.1) is 36.9 Å². The van der Waals surface area contributed by atoms with Gasteiger partial charge < -0.3 is 19.7 Å². The number of imidazole rings is 1. The van der Waals surface area contributed by atoms with Crippen molar-refractivity contribution in [2.24, 2.45) is 0 Å². The Kier molecular flexibility index (Phi) is 5.25. The summed E-state index contributed by atoms with van der Waals surface area (Å²) in [7, 11) is 3.30. The van der Waals surface area contributed by atoms with Crippen molar-refractivity contribution >= 4 is 22.9 Å². The van der Waals surface area contributed by atoms with Gasteiger partial charge in [0.15, 0.2) is 0 Å². The van der Waals surface area contributed by atoms with Gasteiger partial charge in [0.2, 0.25) is 5.95 Å². The topological polar surface area (TPSA) is 68.6 Å². The highest BCUT2D eigenvalue weighted by Crippen LogP contribution is 2.43. The standard InChI is InChI=1S/C25H28N4O3/c1-16-22(24(30)28-13-7-4-8-14-28)23(18-15-17(31-2)11-12-21(18)32-3)29-20-10-6-5-9-19(20)27-25(29)26-16/h5-6,9-12,15,23H,4,7-8,13-14H2,1-3H3,(H,26,27)/t23-/m0/s1. The first kappa shape index (κ1) is 20.4. The Balaban J connectivity index is 1.75. The maximum Gasteiger partial charge on any atom is 0.254 e. The molecule has 0 bridgehead atoms. The number of hydrogen-bond acceptors (Lipinski definition) is 5. The molecule has 0 radical (unpaired) electrons. The minimum Gasteiger partial charge on any atom is -0.497 e. The summed E-state index contributed by atoms with van der Waals surface area (Å²) in [5.74, 6) is 2.20. The van der Waals surface area contributed by atoms with Crippen molar-refractivity contribution in [2.45, 2.75) is 32.2 Å². The first-order chi connectivity index (χ1) is 15.6.